The van der Waals surface area contributed by atoms with Gasteiger partial charge in [-0.3, -0.25) is 0 Å². The van der Waals surface area contributed by atoms with Crippen LogP contribution in [0.15, 0.2) is 0 Å². The first kappa shape index (κ1) is 19.4. The largest absolute Gasteiger partial charge is 0.444 e. The predicted molar refractivity (Wildman–Crippen MR) is 87.7 cm³/mol. The minimum absolute atomic E-state index is 0.0246. The molecule has 0 saturated carbocycles. The Morgan fingerprint density at radius 1 is 1.29 bits per heavy atom. The van der Waals surface area contributed by atoms with Crippen molar-refractivity contribution in [2.45, 2.75) is 89.6 Å². The van der Waals surface area contributed by atoms with Gasteiger partial charge in [0, 0.05) is 6.42 Å². The Labute approximate surface area is 144 Å². The highest BCUT2D eigenvalue weighted by Crippen LogP contribution is 2.29. The molecule has 4 atom stereocenters. The lowest BCUT2D eigenvalue weighted by molar-refractivity contribution is -0.150. The summed E-state index contributed by atoms with van der Waals surface area (Å²) in [4.78, 5) is 12.1. The minimum Gasteiger partial charge on any atom is -0.444 e. The van der Waals surface area contributed by atoms with Gasteiger partial charge >= 0.3 is 6.09 Å². The van der Waals surface area contributed by atoms with Gasteiger partial charge in [0.05, 0.1) is 37.6 Å². The molecule has 2 aliphatic heterocycles. The molecule has 0 aromatic heterocycles. The lowest BCUT2D eigenvalue weighted by Crippen LogP contribution is -2.52. The summed E-state index contributed by atoms with van der Waals surface area (Å²) in [5.41, 5.74) is -0.546. The molecule has 2 rings (SSSR count). The van der Waals surface area contributed by atoms with Crippen LogP contribution in [0.3, 0.4) is 0 Å². The van der Waals surface area contributed by atoms with Crippen LogP contribution < -0.4 is 5.32 Å². The highest BCUT2D eigenvalue weighted by molar-refractivity contribution is 5.68. The summed E-state index contributed by atoms with van der Waals surface area (Å²) < 4.78 is 22.7. The number of ether oxygens (including phenoxy) is 4. The second-order valence-electron chi connectivity index (χ2n) is 8.00. The average Bonchev–Trinajstić information content (AvgIpc) is 2.77. The van der Waals surface area contributed by atoms with Gasteiger partial charge in [-0.2, -0.15) is 0 Å². The van der Waals surface area contributed by atoms with Crippen LogP contribution in [-0.4, -0.2) is 60.2 Å². The first-order chi connectivity index (χ1) is 11.1. The van der Waals surface area contributed by atoms with Gasteiger partial charge in [0.2, 0.25) is 0 Å². The van der Waals surface area contributed by atoms with E-state index >= 15 is 0 Å². The highest BCUT2D eigenvalue weighted by Gasteiger charge is 2.39. The zero-order chi connectivity index (χ0) is 18.0. The molecule has 0 radical (unpaired) electrons. The Balaban J connectivity index is 1.95. The van der Waals surface area contributed by atoms with Gasteiger partial charge in [-0.05, 0) is 47.5 Å². The Morgan fingerprint density at radius 2 is 2.00 bits per heavy atom. The Bertz CT molecular complexity index is 433. The summed E-state index contributed by atoms with van der Waals surface area (Å²) in [5, 5.41) is 12.3. The summed E-state index contributed by atoms with van der Waals surface area (Å²) >= 11 is 0. The van der Waals surface area contributed by atoms with E-state index in [4.69, 9.17) is 18.9 Å². The third-order valence-electron chi connectivity index (χ3n) is 4.08. The van der Waals surface area contributed by atoms with E-state index in [0.717, 1.165) is 6.42 Å². The molecule has 0 bridgehead atoms. The number of amides is 1. The van der Waals surface area contributed by atoms with Crippen LogP contribution in [0.1, 0.15) is 53.9 Å². The van der Waals surface area contributed by atoms with Crippen LogP contribution >= 0.6 is 0 Å². The van der Waals surface area contributed by atoms with Crippen LogP contribution in [-0.2, 0) is 18.9 Å². The number of carbonyl (C=O) groups excluding carboxylic acids is 1. The predicted octanol–water partition coefficient (Wildman–Crippen LogP) is 1.96. The van der Waals surface area contributed by atoms with E-state index in [1.807, 2.05) is 34.6 Å². The van der Waals surface area contributed by atoms with Gasteiger partial charge in [-0.25, -0.2) is 4.79 Å². The molecule has 140 valence electrons. The van der Waals surface area contributed by atoms with Crippen molar-refractivity contribution in [3.63, 3.8) is 0 Å². The van der Waals surface area contributed by atoms with Crippen molar-refractivity contribution < 1.29 is 28.8 Å². The van der Waals surface area contributed by atoms with E-state index in [9.17, 15) is 9.90 Å². The normalized spacial score (nSPS) is 33.2. The summed E-state index contributed by atoms with van der Waals surface area (Å²) in [5.74, 6) is -0.593. The van der Waals surface area contributed by atoms with Crippen LogP contribution in [0.4, 0.5) is 4.79 Å². The molecule has 24 heavy (non-hydrogen) atoms. The maximum Gasteiger partial charge on any atom is 0.407 e. The molecule has 1 amide bonds. The van der Waals surface area contributed by atoms with Crippen molar-refractivity contribution in [2.24, 2.45) is 0 Å². The molecule has 7 heteroatoms. The zero-order valence-corrected chi connectivity index (χ0v) is 15.3. The lowest BCUT2D eigenvalue weighted by Gasteiger charge is -2.37. The fraction of sp³-hybridized carbons (Fsp3) is 0.941. The monoisotopic (exact) mass is 345 g/mol. The van der Waals surface area contributed by atoms with Crippen molar-refractivity contribution in [1.29, 1.82) is 0 Å². The fourth-order valence-electron chi connectivity index (χ4n) is 3.08. The quantitative estimate of drug-likeness (QED) is 0.810. The van der Waals surface area contributed by atoms with Crippen molar-refractivity contribution in [3.8, 4) is 0 Å². The third kappa shape index (κ3) is 5.88. The van der Waals surface area contributed by atoms with E-state index in [0.29, 0.717) is 19.4 Å². The lowest BCUT2D eigenvalue weighted by atomic mass is 9.95. The second kappa shape index (κ2) is 7.56. The molecular formula is C17H31NO6. The summed E-state index contributed by atoms with van der Waals surface area (Å²) in [6.07, 6.45) is 1.03. The van der Waals surface area contributed by atoms with Gasteiger partial charge in [-0.15, -0.1) is 0 Å². The Kier molecular flexibility index (Phi) is 6.12. The number of aliphatic hydroxyl groups is 1. The number of hydrogen-bond acceptors (Lipinski definition) is 6. The van der Waals surface area contributed by atoms with Crippen LogP contribution in [0.5, 0.6) is 0 Å². The number of alkyl carbamates (subject to hydrolysis) is 1. The fourth-order valence-corrected chi connectivity index (χ4v) is 3.08. The molecule has 1 unspecified atom stereocenters. The second-order valence-corrected chi connectivity index (χ2v) is 8.00. The number of carbonyl (C=O) groups is 1. The molecule has 2 fully saturated rings. The third-order valence-corrected chi connectivity index (χ3v) is 4.08. The van der Waals surface area contributed by atoms with Gasteiger partial charge < -0.3 is 29.4 Å². The van der Waals surface area contributed by atoms with Crippen LogP contribution in [0, 0.1) is 0 Å². The summed E-state index contributed by atoms with van der Waals surface area (Å²) in [6.45, 7) is 9.71. The summed E-state index contributed by atoms with van der Waals surface area (Å²) in [6, 6.07) is -0.171. The van der Waals surface area contributed by atoms with Gasteiger partial charge in [-0.1, -0.05) is 0 Å². The first-order valence-corrected chi connectivity index (χ1v) is 8.65. The highest BCUT2D eigenvalue weighted by atomic mass is 16.7. The average molecular weight is 345 g/mol. The number of rotatable bonds is 4. The van der Waals surface area contributed by atoms with Gasteiger partial charge in [0.15, 0.2) is 5.79 Å². The Morgan fingerprint density at radius 3 is 2.54 bits per heavy atom. The maximum atomic E-state index is 12.1. The summed E-state index contributed by atoms with van der Waals surface area (Å²) in [7, 11) is 0. The smallest absolute Gasteiger partial charge is 0.407 e. The molecule has 0 aromatic rings. The van der Waals surface area contributed by atoms with E-state index in [1.165, 1.54) is 0 Å². The van der Waals surface area contributed by atoms with E-state index < -0.39 is 17.5 Å². The van der Waals surface area contributed by atoms with Crippen LogP contribution in [0.25, 0.3) is 0 Å². The standard InChI is InChI=1S/C17H31NO6/c1-16(2,3)24-15(20)18-13-7-6-11(9-19)22-14(13)8-12-10-21-17(4,5)23-12/h11-14,19H,6-10H2,1-5H3,(H,18,20)/t11-,12?,13+,14+/m0/s1. The van der Waals surface area contributed by atoms with E-state index in [-0.39, 0.29) is 31.0 Å². The molecule has 2 aliphatic rings. The van der Waals surface area contributed by atoms with E-state index in [1.54, 1.807) is 0 Å². The molecule has 0 aliphatic carbocycles. The van der Waals surface area contributed by atoms with Gasteiger partial charge in [0.1, 0.15) is 5.60 Å². The van der Waals surface area contributed by atoms with E-state index in [2.05, 4.69) is 5.32 Å². The van der Waals surface area contributed by atoms with Crippen LogP contribution in [0.2, 0.25) is 0 Å². The SMILES string of the molecule is CC(C)(C)OC(=O)N[C@@H]1CC[C@@H](CO)O[C@@H]1CC1COC(C)(C)O1. The van der Waals surface area contributed by atoms with Crippen molar-refractivity contribution in [3.05, 3.63) is 0 Å². The molecule has 2 N–H and O–H groups in total. The van der Waals surface area contributed by atoms with Gasteiger partial charge in [0.25, 0.3) is 0 Å². The molecule has 0 spiro atoms. The zero-order valence-electron chi connectivity index (χ0n) is 15.3. The molecule has 2 heterocycles. The molecular weight excluding hydrogens is 314 g/mol. The minimum atomic E-state index is -0.593. The number of nitrogens with one attached hydrogen (secondary N) is 1. The first-order valence-electron chi connectivity index (χ1n) is 8.65. The number of aliphatic hydroxyl groups excluding tert-OH is 1. The molecule has 7 nitrogen and oxygen atoms in total. The maximum absolute atomic E-state index is 12.1. The van der Waals surface area contributed by atoms with Crippen molar-refractivity contribution in [2.75, 3.05) is 13.2 Å². The van der Waals surface area contributed by atoms with Crippen molar-refractivity contribution in [1.82, 2.24) is 5.32 Å². The Hall–Kier alpha value is -0.890. The van der Waals surface area contributed by atoms with Crippen molar-refractivity contribution >= 4 is 6.09 Å². The molecule has 0 aromatic carbocycles. The molecule has 2 saturated heterocycles. The number of hydrogen-bond donors (Lipinski definition) is 2. The topological polar surface area (TPSA) is 86.3 Å².